The standard InChI is InChI=1S/C44H78Cl3N2O8P/c1-7-12-14-16-17-18-19-20-21-22-23-24-25-27-29-31-38(50)49-39-41(52-35-32-36(6)30-28-26-15-13-8-2)40(57-58(51,53-33-9-3)54-34-10-4)37(11-5)55-42(39)56-43(48)44(45,46)47/h9-10,18-19,36-37,39-42,48H,3-4,7-8,11-17,20-35H2,1-2,5-6H3,(H,49,50)/b19-18-,48-43?/t36-,37-,39-,40-,41-,42-/m1/s1. The molecule has 0 bridgehead atoms. The van der Waals surface area contributed by atoms with E-state index in [2.05, 4.69) is 51.4 Å². The summed E-state index contributed by atoms with van der Waals surface area (Å²) in [6.45, 7) is 15.9. The number of carbonyl (C=O) groups is 1. The zero-order valence-corrected chi connectivity index (χ0v) is 39.4. The number of ether oxygens (including phenoxy) is 3. The Hall–Kier alpha value is -0.940. The van der Waals surface area contributed by atoms with Crippen LogP contribution in [0, 0.1) is 11.3 Å². The molecule has 1 aliphatic rings. The number of halogens is 3. The Morgan fingerprint density at radius 3 is 1.90 bits per heavy atom. The molecule has 6 atom stereocenters. The molecule has 0 saturated carbocycles. The Morgan fingerprint density at radius 2 is 1.34 bits per heavy atom. The van der Waals surface area contributed by atoms with Gasteiger partial charge >= 0.3 is 7.82 Å². The topological polar surface area (TPSA) is 125 Å². The van der Waals surface area contributed by atoms with Crippen molar-refractivity contribution in [3.05, 3.63) is 37.5 Å². The Bertz CT molecular complexity index is 1170. The number of nitrogens with one attached hydrogen (secondary N) is 2. The largest absolute Gasteiger partial charge is 0.475 e. The Labute approximate surface area is 367 Å². The molecule has 0 unspecified atom stereocenters. The van der Waals surface area contributed by atoms with Crippen LogP contribution in [0.1, 0.15) is 169 Å². The third-order valence-electron chi connectivity index (χ3n) is 10.2. The van der Waals surface area contributed by atoms with Crippen molar-refractivity contribution in [3.63, 3.8) is 0 Å². The van der Waals surface area contributed by atoms with Gasteiger partial charge in [0.15, 0.2) is 0 Å². The van der Waals surface area contributed by atoms with Gasteiger partial charge in [-0.2, -0.15) is 0 Å². The van der Waals surface area contributed by atoms with E-state index in [1.54, 1.807) is 0 Å². The SMILES string of the molecule is C=CCOP(=O)(OCC=C)O[C@H]1[C@H](OCC[C@H](C)CCCCCCC)[C@@H](NC(=O)CCCCCCCCC/C=C\CCCCCC)[C@@H](OC(=N)C(Cl)(Cl)Cl)O[C@@H]1CC. The molecule has 1 amide bonds. The highest BCUT2D eigenvalue weighted by Gasteiger charge is 2.52. The van der Waals surface area contributed by atoms with Gasteiger partial charge in [-0.3, -0.25) is 23.8 Å². The van der Waals surface area contributed by atoms with E-state index in [1.807, 2.05) is 6.92 Å². The number of phosphoric ester groups is 1. The van der Waals surface area contributed by atoms with E-state index < -0.39 is 48.2 Å². The molecule has 10 nitrogen and oxygen atoms in total. The fraction of sp³-hybridized carbons (Fsp3) is 0.818. The van der Waals surface area contributed by atoms with Gasteiger partial charge in [0.2, 0.25) is 18.1 Å². The van der Waals surface area contributed by atoms with Crippen LogP contribution in [0.3, 0.4) is 0 Å². The number of hydrogen-bond donors (Lipinski definition) is 2. The molecule has 0 aromatic carbocycles. The lowest BCUT2D eigenvalue weighted by Crippen LogP contribution is -2.65. The summed E-state index contributed by atoms with van der Waals surface area (Å²) in [5.74, 6) is -0.569. The van der Waals surface area contributed by atoms with Gasteiger partial charge in [-0.05, 0) is 50.9 Å². The van der Waals surface area contributed by atoms with Crippen LogP contribution in [-0.2, 0) is 37.1 Å². The highest BCUT2D eigenvalue weighted by atomic mass is 35.6. The van der Waals surface area contributed by atoms with Crippen LogP contribution < -0.4 is 5.32 Å². The summed E-state index contributed by atoms with van der Waals surface area (Å²) in [5.41, 5.74) is 0. The second-order valence-electron chi connectivity index (χ2n) is 15.4. The van der Waals surface area contributed by atoms with Crippen LogP contribution in [0.15, 0.2) is 37.5 Å². The summed E-state index contributed by atoms with van der Waals surface area (Å²) in [7, 11) is -4.23. The molecule has 0 aliphatic carbocycles. The zero-order chi connectivity index (χ0) is 43.1. The summed E-state index contributed by atoms with van der Waals surface area (Å²) in [5, 5.41) is 11.4. The molecule has 338 valence electrons. The van der Waals surface area contributed by atoms with E-state index in [-0.39, 0.29) is 25.5 Å². The highest BCUT2D eigenvalue weighted by Crippen LogP contribution is 2.53. The first-order valence-corrected chi connectivity index (χ1v) is 24.8. The molecule has 2 N–H and O–H groups in total. The Balaban J connectivity index is 3.10. The number of unbranched alkanes of at least 4 members (excludes halogenated alkanes) is 15. The van der Waals surface area contributed by atoms with Crippen molar-refractivity contribution in [2.45, 2.75) is 203 Å². The monoisotopic (exact) mass is 898 g/mol. The molecule has 0 radical (unpaired) electrons. The van der Waals surface area contributed by atoms with E-state index in [4.69, 9.17) is 68.0 Å². The van der Waals surface area contributed by atoms with Gasteiger partial charge < -0.3 is 19.5 Å². The Morgan fingerprint density at radius 1 is 0.810 bits per heavy atom. The Kier molecular flexibility index (Phi) is 32.0. The van der Waals surface area contributed by atoms with Crippen LogP contribution in [0.4, 0.5) is 0 Å². The minimum Gasteiger partial charge on any atom is -0.446 e. The molecule has 0 spiro atoms. The third-order valence-corrected chi connectivity index (χ3v) is 12.2. The van der Waals surface area contributed by atoms with E-state index in [0.29, 0.717) is 25.4 Å². The lowest BCUT2D eigenvalue weighted by molar-refractivity contribution is -0.249. The van der Waals surface area contributed by atoms with Gasteiger partial charge in [-0.25, -0.2) is 4.57 Å². The predicted octanol–water partition coefficient (Wildman–Crippen LogP) is 13.7. The van der Waals surface area contributed by atoms with E-state index in [9.17, 15) is 9.36 Å². The van der Waals surface area contributed by atoms with Gasteiger partial charge in [0, 0.05) is 13.0 Å². The van der Waals surface area contributed by atoms with Gasteiger partial charge in [0.05, 0.1) is 19.3 Å². The maximum absolute atomic E-state index is 14.0. The van der Waals surface area contributed by atoms with Crippen LogP contribution in [0.25, 0.3) is 0 Å². The average molecular weight is 900 g/mol. The zero-order valence-electron chi connectivity index (χ0n) is 36.2. The highest BCUT2D eigenvalue weighted by molar-refractivity contribution is 7.48. The fourth-order valence-electron chi connectivity index (χ4n) is 6.79. The van der Waals surface area contributed by atoms with Crippen molar-refractivity contribution in [1.82, 2.24) is 5.32 Å². The molecule has 0 aromatic heterocycles. The van der Waals surface area contributed by atoms with Crippen molar-refractivity contribution < 1.29 is 37.1 Å². The lowest BCUT2D eigenvalue weighted by atomic mass is 9.94. The summed E-state index contributed by atoms with van der Waals surface area (Å²) < 4.78 is 47.9. The molecule has 0 aromatic rings. The minimum atomic E-state index is -4.23. The smallest absolute Gasteiger partial charge is 0.446 e. The van der Waals surface area contributed by atoms with E-state index in [0.717, 1.165) is 44.9 Å². The fourth-order valence-corrected chi connectivity index (χ4v) is 8.25. The maximum atomic E-state index is 14.0. The molecule has 1 rings (SSSR count). The number of phosphoric acid groups is 1. The number of alkyl halides is 3. The van der Waals surface area contributed by atoms with Crippen molar-refractivity contribution >= 4 is 54.4 Å². The van der Waals surface area contributed by atoms with Crippen molar-refractivity contribution in [1.29, 1.82) is 5.41 Å². The van der Waals surface area contributed by atoms with Gasteiger partial charge in [0.1, 0.15) is 18.2 Å². The first-order valence-electron chi connectivity index (χ1n) is 22.2. The second-order valence-corrected chi connectivity index (χ2v) is 19.3. The third kappa shape index (κ3) is 25.1. The molecule has 1 heterocycles. The van der Waals surface area contributed by atoms with Crippen LogP contribution in [0.2, 0.25) is 0 Å². The van der Waals surface area contributed by atoms with Crippen LogP contribution in [-0.4, -0.2) is 66.1 Å². The van der Waals surface area contributed by atoms with Gasteiger partial charge in [0.25, 0.3) is 3.79 Å². The summed E-state index contributed by atoms with van der Waals surface area (Å²) in [4.78, 5) is 13.6. The lowest BCUT2D eigenvalue weighted by Gasteiger charge is -2.46. The molecule has 1 fully saturated rings. The second kappa shape index (κ2) is 33.7. The first kappa shape index (κ1) is 55.1. The number of amides is 1. The molecule has 58 heavy (non-hydrogen) atoms. The molecular weight excluding hydrogens is 822 g/mol. The van der Waals surface area contributed by atoms with E-state index >= 15 is 0 Å². The summed E-state index contributed by atoms with van der Waals surface area (Å²) in [6, 6.07) is -1.05. The minimum absolute atomic E-state index is 0.108. The van der Waals surface area contributed by atoms with Gasteiger partial charge in [-0.1, -0.05) is 177 Å². The van der Waals surface area contributed by atoms with Crippen LogP contribution in [0.5, 0.6) is 0 Å². The number of carbonyl (C=O) groups excluding carboxylic acids is 1. The molecular formula is C44H78Cl3N2O8P. The first-order chi connectivity index (χ1) is 27.8. The van der Waals surface area contributed by atoms with Crippen LogP contribution >= 0.6 is 42.6 Å². The quantitative estimate of drug-likeness (QED) is 0.0159. The van der Waals surface area contributed by atoms with Crippen molar-refractivity contribution in [2.24, 2.45) is 5.92 Å². The number of rotatable bonds is 36. The average Bonchev–Trinajstić information content (AvgIpc) is 3.19. The maximum Gasteiger partial charge on any atom is 0.475 e. The molecule has 1 aliphatic heterocycles. The van der Waals surface area contributed by atoms with Crippen molar-refractivity contribution in [3.8, 4) is 0 Å². The number of hydrogen-bond acceptors (Lipinski definition) is 9. The normalized spacial score (nSPS) is 20.6. The molecule has 14 heteroatoms. The van der Waals surface area contributed by atoms with Crippen molar-refractivity contribution in [2.75, 3.05) is 19.8 Å². The van der Waals surface area contributed by atoms with E-state index in [1.165, 1.54) is 89.2 Å². The molecule has 1 saturated heterocycles. The number of allylic oxidation sites excluding steroid dienone is 2. The summed E-state index contributed by atoms with van der Waals surface area (Å²) in [6.07, 6.45) is 26.7. The summed E-state index contributed by atoms with van der Waals surface area (Å²) >= 11 is 18.1. The van der Waals surface area contributed by atoms with Gasteiger partial charge in [-0.15, -0.1) is 13.2 Å². The predicted molar refractivity (Wildman–Crippen MR) is 241 cm³/mol.